The number of carbonyl (C=O) groups is 1. The summed E-state index contributed by atoms with van der Waals surface area (Å²) in [4.78, 5) is 18.6. The van der Waals surface area contributed by atoms with Crippen molar-refractivity contribution in [3.8, 4) is 5.75 Å². The molecule has 0 bridgehead atoms. The van der Waals surface area contributed by atoms with Gasteiger partial charge in [-0.1, -0.05) is 30.3 Å². The molecular formula is C21H24N2O3. The Hall–Kier alpha value is -2.40. The van der Waals surface area contributed by atoms with Crippen LogP contribution in [0.1, 0.15) is 24.8 Å². The quantitative estimate of drug-likeness (QED) is 0.849. The first-order valence-corrected chi connectivity index (χ1v) is 9.25. The molecular weight excluding hydrogens is 328 g/mol. The summed E-state index contributed by atoms with van der Waals surface area (Å²) in [5.41, 5.74) is 0.927. The average Bonchev–Trinajstić information content (AvgIpc) is 3.06. The zero-order valence-corrected chi connectivity index (χ0v) is 14.8. The van der Waals surface area contributed by atoms with E-state index in [0.29, 0.717) is 13.0 Å². The molecule has 1 amide bonds. The van der Waals surface area contributed by atoms with Crippen molar-refractivity contribution in [1.82, 2.24) is 9.88 Å². The van der Waals surface area contributed by atoms with Gasteiger partial charge >= 0.3 is 0 Å². The van der Waals surface area contributed by atoms with Crippen molar-refractivity contribution >= 4 is 5.91 Å². The zero-order valence-electron chi connectivity index (χ0n) is 14.8. The minimum atomic E-state index is -0.142. The Labute approximate surface area is 153 Å². The number of rotatable bonds is 4. The molecule has 4 rings (SSSR count). The number of ether oxygens (including phenoxy) is 2. The highest BCUT2D eigenvalue weighted by Gasteiger charge is 2.44. The van der Waals surface area contributed by atoms with Gasteiger partial charge in [-0.15, -0.1) is 0 Å². The largest absolute Gasteiger partial charge is 0.486 e. The van der Waals surface area contributed by atoms with Gasteiger partial charge in [0.25, 0.3) is 0 Å². The van der Waals surface area contributed by atoms with E-state index in [9.17, 15) is 4.79 Å². The lowest BCUT2D eigenvalue weighted by Gasteiger charge is -2.38. The van der Waals surface area contributed by atoms with Crippen molar-refractivity contribution in [2.24, 2.45) is 0 Å². The number of piperidine rings is 1. The van der Waals surface area contributed by atoms with E-state index in [1.54, 1.807) is 12.4 Å². The van der Waals surface area contributed by atoms with Gasteiger partial charge in [-0.25, -0.2) is 0 Å². The predicted octanol–water partition coefficient (Wildman–Crippen LogP) is 2.85. The predicted molar refractivity (Wildman–Crippen MR) is 97.9 cm³/mol. The molecule has 136 valence electrons. The molecule has 0 aliphatic carbocycles. The summed E-state index contributed by atoms with van der Waals surface area (Å²) in [6, 6.07) is 13.7. The minimum Gasteiger partial charge on any atom is -0.486 e. The molecule has 2 aromatic rings. The van der Waals surface area contributed by atoms with Gasteiger partial charge in [0.2, 0.25) is 5.91 Å². The van der Waals surface area contributed by atoms with Gasteiger partial charge < -0.3 is 14.4 Å². The summed E-state index contributed by atoms with van der Waals surface area (Å²) in [6.07, 6.45) is 6.63. The van der Waals surface area contributed by atoms with Crippen molar-refractivity contribution in [2.45, 2.75) is 37.4 Å². The summed E-state index contributed by atoms with van der Waals surface area (Å²) < 4.78 is 12.1. The Kier molecular flexibility index (Phi) is 4.89. The van der Waals surface area contributed by atoms with Crippen LogP contribution in [0.5, 0.6) is 5.75 Å². The van der Waals surface area contributed by atoms with Crippen molar-refractivity contribution in [3.63, 3.8) is 0 Å². The molecule has 1 aromatic carbocycles. The molecule has 26 heavy (non-hydrogen) atoms. The van der Waals surface area contributed by atoms with Crippen molar-refractivity contribution in [1.29, 1.82) is 0 Å². The molecule has 1 aromatic heterocycles. The molecule has 0 N–H and O–H groups in total. The van der Waals surface area contributed by atoms with Crippen LogP contribution < -0.4 is 4.74 Å². The van der Waals surface area contributed by atoms with Crippen LogP contribution in [-0.2, 0) is 16.0 Å². The number of likely N-dealkylation sites (tertiary alicyclic amines) is 1. The number of amides is 1. The van der Waals surface area contributed by atoms with E-state index >= 15 is 0 Å². The maximum Gasteiger partial charge on any atom is 0.226 e. The normalized spacial score (nSPS) is 21.7. The number of hydrogen-bond donors (Lipinski definition) is 0. The fourth-order valence-corrected chi connectivity index (χ4v) is 3.88. The smallest absolute Gasteiger partial charge is 0.226 e. The Morgan fingerprint density at radius 2 is 2.00 bits per heavy atom. The third kappa shape index (κ3) is 3.88. The number of hydrogen-bond acceptors (Lipinski definition) is 4. The number of carbonyl (C=O) groups excluding carboxylic acids is 1. The summed E-state index contributed by atoms with van der Waals surface area (Å²) in [6.45, 7) is 2.11. The van der Waals surface area contributed by atoms with Crippen LogP contribution in [0.25, 0.3) is 0 Å². The van der Waals surface area contributed by atoms with Crippen LogP contribution in [-0.4, -0.2) is 47.2 Å². The van der Waals surface area contributed by atoms with E-state index in [1.165, 1.54) is 0 Å². The van der Waals surface area contributed by atoms with Gasteiger partial charge in [0.1, 0.15) is 11.9 Å². The van der Waals surface area contributed by atoms with Crippen LogP contribution in [0.3, 0.4) is 0 Å². The number of aromatic nitrogens is 1. The highest BCUT2D eigenvalue weighted by atomic mass is 16.6. The summed E-state index contributed by atoms with van der Waals surface area (Å²) in [7, 11) is 0. The van der Waals surface area contributed by atoms with E-state index in [4.69, 9.17) is 9.47 Å². The first kappa shape index (κ1) is 17.0. The zero-order chi connectivity index (χ0) is 17.8. The molecule has 1 atom stereocenters. The molecule has 3 heterocycles. The van der Waals surface area contributed by atoms with Crippen LogP contribution in [0, 0.1) is 0 Å². The summed E-state index contributed by atoms with van der Waals surface area (Å²) >= 11 is 0. The second kappa shape index (κ2) is 7.46. The number of pyridine rings is 1. The van der Waals surface area contributed by atoms with Gasteiger partial charge in [0.05, 0.1) is 24.8 Å². The van der Waals surface area contributed by atoms with Crippen LogP contribution in [0.4, 0.5) is 0 Å². The third-order valence-electron chi connectivity index (χ3n) is 5.34. The van der Waals surface area contributed by atoms with Crippen LogP contribution in [0.15, 0.2) is 54.9 Å². The average molecular weight is 352 g/mol. The van der Waals surface area contributed by atoms with Gasteiger partial charge in [-0.05, 0) is 30.5 Å². The molecule has 1 spiro atoms. The molecule has 2 aliphatic rings. The Bertz CT molecular complexity index is 727. The first-order chi connectivity index (χ1) is 12.7. The Morgan fingerprint density at radius 3 is 2.73 bits per heavy atom. The topological polar surface area (TPSA) is 51.7 Å². The first-order valence-electron chi connectivity index (χ1n) is 9.25. The molecule has 2 fully saturated rings. The van der Waals surface area contributed by atoms with E-state index in [2.05, 4.69) is 4.98 Å². The standard InChI is InChI=1S/C21H24N2O3/c24-20(13-17-5-2-1-3-6-17)23-11-8-21(9-12-23)14-19(16-25-21)26-18-7-4-10-22-15-18/h1-7,10,15,19H,8-9,11-14,16H2/t19-/m0/s1. The van der Waals surface area contributed by atoms with Gasteiger partial charge in [-0.3, -0.25) is 9.78 Å². The lowest BCUT2D eigenvalue weighted by atomic mass is 9.87. The number of benzene rings is 1. The highest BCUT2D eigenvalue weighted by molar-refractivity contribution is 5.78. The molecule has 2 aliphatic heterocycles. The fourth-order valence-electron chi connectivity index (χ4n) is 3.88. The van der Waals surface area contributed by atoms with Crippen molar-refractivity contribution in [2.75, 3.05) is 19.7 Å². The molecule has 0 saturated carbocycles. The second-order valence-electron chi connectivity index (χ2n) is 7.17. The lowest BCUT2D eigenvalue weighted by Crippen LogP contribution is -2.47. The fraction of sp³-hybridized carbons (Fsp3) is 0.429. The summed E-state index contributed by atoms with van der Waals surface area (Å²) in [5, 5.41) is 0. The van der Waals surface area contributed by atoms with Crippen molar-refractivity contribution < 1.29 is 14.3 Å². The van der Waals surface area contributed by atoms with E-state index < -0.39 is 0 Å². The summed E-state index contributed by atoms with van der Waals surface area (Å²) in [5.74, 6) is 0.987. The third-order valence-corrected chi connectivity index (χ3v) is 5.34. The lowest BCUT2D eigenvalue weighted by molar-refractivity contribution is -0.135. The maximum absolute atomic E-state index is 12.5. The van der Waals surface area contributed by atoms with Crippen LogP contribution >= 0.6 is 0 Å². The van der Waals surface area contributed by atoms with Gasteiger partial charge in [0, 0.05) is 25.7 Å². The Morgan fingerprint density at radius 1 is 1.19 bits per heavy atom. The SMILES string of the molecule is O=C(Cc1ccccc1)N1CCC2(CC1)C[C@H](Oc1cccnc1)CO2. The highest BCUT2D eigenvalue weighted by Crippen LogP contribution is 2.37. The molecule has 5 nitrogen and oxygen atoms in total. The number of nitrogens with zero attached hydrogens (tertiary/aromatic N) is 2. The van der Waals surface area contributed by atoms with Crippen LogP contribution in [0.2, 0.25) is 0 Å². The van der Waals surface area contributed by atoms with Gasteiger partial charge in [-0.2, -0.15) is 0 Å². The van der Waals surface area contributed by atoms with Crippen molar-refractivity contribution in [3.05, 3.63) is 60.4 Å². The maximum atomic E-state index is 12.5. The Balaban J connectivity index is 1.29. The van der Waals surface area contributed by atoms with E-state index in [1.807, 2.05) is 47.4 Å². The van der Waals surface area contributed by atoms with E-state index in [-0.39, 0.29) is 17.6 Å². The molecule has 0 radical (unpaired) electrons. The molecule has 0 unspecified atom stereocenters. The minimum absolute atomic E-state index is 0.0609. The van der Waals surface area contributed by atoms with Gasteiger partial charge in [0.15, 0.2) is 0 Å². The second-order valence-corrected chi connectivity index (χ2v) is 7.17. The monoisotopic (exact) mass is 352 g/mol. The molecule has 5 heteroatoms. The van der Waals surface area contributed by atoms with E-state index in [0.717, 1.165) is 43.7 Å². The molecule has 2 saturated heterocycles.